The van der Waals surface area contributed by atoms with Gasteiger partial charge in [0.25, 0.3) is 0 Å². The molecular formula is C12H20N2O2S. The first kappa shape index (κ1) is 14.1. The summed E-state index contributed by atoms with van der Waals surface area (Å²) in [5, 5.41) is 4.19. The fourth-order valence-electron chi connectivity index (χ4n) is 1.22. The van der Waals surface area contributed by atoms with Crippen LogP contribution >= 0.6 is 11.3 Å². The SMILES string of the molecule is CCNCCc1ncc(C(=O)OC(C)(C)C)s1. The first-order valence-electron chi connectivity index (χ1n) is 5.81. The van der Waals surface area contributed by atoms with Crippen LogP contribution in [0.4, 0.5) is 0 Å². The highest BCUT2D eigenvalue weighted by molar-refractivity contribution is 7.13. The number of aromatic nitrogens is 1. The van der Waals surface area contributed by atoms with Crippen molar-refractivity contribution in [1.29, 1.82) is 0 Å². The largest absolute Gasteiger partial charge is 0.456 e. The van der Waals surface area contributed by atoms with Gasteiger partial charge in [0.2, 0.25) is 0 Å². The topological polar surface area (TPSA) is 51.2 Å². The quantitative estimate of drug-likeness (QED) is 0.648. The number of thiazole rings is 1. The summed E-state index contributed by atoms with van der Waals surface area (Å²) in [6.45, 7) is 9.48. The molecule has 1 aromatic heterocycles. The Bertz CT molecular complexity index is 369. The van der Waals surface area contributed by atoms with Crippen molar-refractivity contribution < 1.29 is 9.53 Å². The molecule has 0 bridgehead atoms. The Morgan fingerprint density at radius 3 is 2.82 bits per heavy atom. The zero-order valence-electron chi connectivity index (χ0n) is 10.9. The van der Waals surface area contributed by atoms with Crippen LogP contribution in [0.2, 0.25) is 0 Å². The van der Waals surface area contributed by atoms with Crippen LogP contribution < -0.4 is 5.32 Å². The molecule has 0 aliphatic rings. The zero-order chi connectivity index (χ0) is 12.9. The van der Waals surface area contributed by atoms with Crippen molar-refractivity contribution in [3.8, 4) is 0 Å². The molecule has 0 saturated carbocycles. The summed E-state index contributed by atoms with van der Waals surface area (Å²) in [5.41, 5.74) is -0.453. The second kappa shape index (κ2) is 6.12. The number of nitrogens with one attached hydrogen (secondary N) is 1. The van der Waals surface area contributed by atoms with E-state index in [9.17, 15) is 4.79 Å². The second-order valence-corrected chi connectivity index (χ2v) is 5.84. The normalized spacial score (nSPS) is 11.5. The van der Waals surface area contributed by atoms with Gasteiger partial charge in [-0.15, -0.1) is 11.3 Å². The van der Waals surface area contributed by atoms with Crippen LogP contribution in [0.15, 0.2) is 6.20 Å². The molecule has 1 N–H and O–H groups in total. The van der Waals surface area contributed by atoms with Gasteiger partial charge in [0.05, 0.1) is 11.2 Å². The third-order valence-corrected chi connectivity index (χ3v) is 2.96. The van der Waals surface area contributed by atoms with Crippen LogP contribution in [0.25, 0.3) is 0 Å². The summed E-state index contributed by atoms with van der Waals surface area (Å²) < 4.78 is 5.28. The molecule has 0 unspecified atom stereocenters. The van der Waals surface area contributed by atoms with Gasteiger partial charge in [-0.25, -0.2) is 9.78 Å². The number of hydrogen-bond acceptors (Lipinski definition) is 5. The molecule has 0 atom stereocenters. The smallest absolute Gasteiger partial charge is 0.350 e. The Morgan fingerprint density at radius 1 is 1.53 bits per heavy atom. The van der Waals surface area contributed by atoms with Crippen molar-refractivity contribution in [2.75, 3.05) is 13.1 Å². The number of rotatable bonds is 5. The zero-order valence-corrected chi connectivity index (χ0v) is 11.7. The lowest BCUT2D eigenvalue weighted by atomic mass is 10.2. The second-order valence-electron chi connectivity index (χ2n) is 4.72. The maximum Gasteiger partial charge on any atom is 0.350 e. The number of ether oxygens (including phenoxy) is 1. The van der Waals surface area contributed by atoms with E-state index in [0.717, 1.165) is 24.5 Å². The van der Waals surface area contributed by atoms with E-state index in [4.69, 9.17) is 4.74 Å². The van der Waals surface area contributed by atoms with Crippen molar-refractivity contribution in [2.45, 2.75) is 39.7 Å². The van der Waals surface area contributed by atoms with Crippen molar-refractivity contribution in [2.24, 2.45) is 0 Å². The first-order valence-corrected chi connectivity index (χ1v) is 6.63. The molecule has 1 aromatic rings. The van der Waals surface area contributed by atoms with E-state index in [0.29, 0.717) is 4.88 Å². The third-order valence-electron chi connectivity index (χ3n) is 1.92. The molecule has 96 valence electrons. The molecule has 4 nitrogen and oxygen atoms in total. The maximum atomic E-state index is 11.7. The standard InChI is InChI=1S/C12H20N2O2S/c1-5-13-7-6-10-14-8-9(17-10)11(15)16-12(2,3)4/h8,13H,5-7H2,1-4H3. The van der Waals surface area contributed by atoms with Gasteiger partial charge in [-0.2, -0.15) is 0 Å². The summed E-state index contributed by atoms with van der Waals surface area (Å²) >= 11 is 1.41. The van der Waals surface area contributed by atoms with Gasteiger partial charge in [-0.3, -0.25) is 0 Å². The Labute approximate surface area is 106 Å². The molecule has 17 heavy (non-hydrogen) atoms. The van der Waals surface area contributed by atoms with Crippen LogP contribution in [0.1, 0.15) is 42.4 Å². The summed E-state index contributed by atoms with van der Waals surface area (Å²) in [6, 6.07) is 0. The number of likely N-dealkylation sites (N-methyl/N-ethyl adjacent to an activating group) is 1. The molecular weight excluding hydrogens is 236 g/mol. The number of hydrogen-bond donors (Lipinski definition) is 1. The maximum absolute atomic E-state index is 11.7. The highest BCUT2D eigenvalue weighted by atomic mass is 32.1. The molecule has 0 aliphatic carbocycles. The van der Waals surface area contributed by atoms with E-state index in [-0.39, 0.29) is 5.97 Å². The predicted molar refractivity (Wildman–Crippen MR) is 69.5 cm³/mol. The predicted octanol–water partition coefficient (Wildman–Crippen LogP) is 2.25. The summed E-state index contributed by atoms with van der Waals surface area (Å²) in [6.07, 6.45) is 2.45. The van der Waals surface area contributed by atoms with Gasteiger partial charge in [-0.05, 0) is 27.3 Å². The van der Waals surface area contributed by atoms with Crippen LogP contribution in [0.5, 0.6) is 0 Å². The molecule has 1 rings (SSSR count). The van der Waals surface area contributed by atoms with Crippen LogP contribution in [-0.4, -0.2) is 29.6 Å². The summed E-state index contributed by atoms with van der Waals surface area (Å²) in [4.78, 5) is 16.5. The van der Waals surface area contributed by atoms with Crippen molar-refractivity contribution in [1.82, 2.24) is 10.3 Å². The number of nitrogens with zero attached hydrogens (tertiary/aromatic N) is 1. The van der Waals surface area contributed by atoms with Crippen LogP contribution in [-0.2, 0) is 11.2 Å². The Hall–Kier alpha value is -0.940. The van der Waals surface area contributed by atoms with E-state index in [2.05, 4.69) is 17.2 Å². The Balaban J connectivity index is 2.52. The van der Waals surface area contributed by atoms with Gasteiger partial charge < -0.3 is 10.1 Å². The highest BCUT2D eigenvalue weighted by Gasteiger charge is 2.19. The van der Waals surface area contributed by atoms with Crippen molar-refractivity contribution >= 4 is 17.3 Å². The molecule has 0 aromatic carbocycles. The van der Waals surface area contributed by atoms with E-state index in [1.807, 2.05) is 20.8 Å². The number of carbonyl (C=O) groups excluding carboxylic acids is 1. The minimum atomic E-state index is -0.453. The average molecular weight is 256 g/mol. The molecule has 0 radical (unpaired) electrons. The number of esters is 1. The van der Waals surface area contributed by atoms with E-state index in [1.165, 1.54) is 11.3 Å². The first-order chi connectivity index (χ1) is 7.92. The Morgan fingerprint density at radius 2 is 2.24 bits per heavy atom. The molecule has 0 fully saturated rings. The fourth-order valence-corrected chi connectivity index (χ4v) is 2.01. The van der Waals surface area contributed by atoms with Crippen LogP contribution in [0, 0.1) is 0 Å². The van der Waals surface area contributed by atoms with Gasteiger partial charge in [0, 0.05) is 13.0 Å². The van der Waals surface area contributed by atoms with Gasteiger partial charge in [-0.1, -0.05) is 6.92 Å². The highest BCUT2D eigenvalue weighted by Crippen LogP contribution is 2.18. The lowest BCUT2D eigenvalue weighted by Gasteiger charge is -2.18. The lowest BCUT2D eigenvalue weighted by molar-refractivity contribution is 0.00750. The third kappa shape index (κ3) is 5.28. The molecule has 1 heterocycles. The van der Waals surface area contributed by atoms with E-state index >= 15 is 0 Å². The van der Waals surface area contributed by atoms with Gasteiger partial charge >= 0.3 is 5.97 Å². The molecule has 0 amide bonds. The van der Waals surface area contributed by atoms with Gasteiger partial charge in [0.1, 0.15) is 10.5 Å². The summed E-state index contributed by atoms with van der Waals surface area (Å²) in [7, 11) is 0. The fraction of sp³-hybridized carbons (Fsp3) is 0.667. The minimum Gasteiger partial charge on any atom is -0.456 e. The van der Waals surface area contributed by atoms with E-state index < -0.39 is 5.60 Å². The van der Waals surface area contributed by atoms with Crippen molar-refractivity contribution in [3.05, 3.63) is 16.1 Å². The molecule has 0 saturated heterocycles. The number of carbonyl (C=O) groups is 1. The van der Waals surface area contributed by atoms with Gasteiger partial charge in [0.15, 0.2) is 0 Å². The molecule has 5 heteroatoms. The minimum absolute atomic E-state index is 0.287. The van der Waals surface area contributed by atoms with Crippen LogP contribution in [0.3, 0.4) is 0 Å². The summed E-state index contributed by atoms with van der Waals surface area (Å²) in [5.74, 6) is -0.287. The Kier molecular flexibility index (Phi) is 5.08. The van der Waals surface area contributed by atoms with E-state index in [1.54, 1.807) is 6.20 Å². The van der Waals surface area contributed by atoms with Crippen molar-refractivity contribution in [3.63, 3.8) is 0 Å². The molecule has 0 aliphatic heterocycles. The average Bonchev–Trinajstić information content (AvgIpc) is 2.64. The molecule has 0 spiro atoms. The monoisotopic (exact) mass is 256 g/mol. The lowest BCUT2D eigenvalue weighted by Crippen LogP contribution is -2.23.